The standard InChI is InChI=1S/C10H8N2O3.BrH/c13-8-2-1-6(3-9(8)14)7-4-11-5-12-10(7)15;/h1-5,13-14H,(H,11,12,15);1H. The van der Waals surface area contributed by atoms with Gasteiger partial charge >= 0.3 is 0 Å². The van der Waals surface area contributed by atoms with Crippen molar-refractivity contribution in [2.24, 2.45) is 0 Å². The molecule has 0 radical (unpaired) electrons. The Morgan fingerprint density at radius 1 is 1.19 bits per heavy atom. The van der Waals surface area contributed by atoms with Gasteiger partial charge in [0.2, 0.25) is 0 Å². The van der Waals surface area contributed by atoms with E-state index in [1.807, 2.05) is 0 Å². The number of halogens is 1. The van der Waals surface area contributed by atoms with E-state index in [4.69, 9.17) is 5.11 Å². The Balaban J connectivity index is 0.00000128. The number of nitrogens with one attached hydrogen (secondary N) is 1. The van der Waals surface area contributed by atoms with Crippen molar-refractivity contribution >= 4 is 17.0 Å². The van der Waals surface area contributed by atoms with Gasteiger partial charge in [-0.05, 0) is 17.7 Å². The maximum atomic E-state index is 11.4. The molecule has 16 heavy (non-hydrogen) atoms. The highest BCUT2D eigenvalue weighted by Gasteiger charge is 2.05. The third kappa shape index (κ3) is 2.22. The predicted octanol–water partition coefficient (Wildman–Crippen LogP) is 1.43. The summed E-state index contributed by atoms with van der Waals surface area (Å²) in [4.78, 5) is 17.6. The number of hydrogen-bond acceptors (Lipinski definition) is 4. The smallest absolute Gasteiger partial charge is 0.258 e. The lowest BCUT2D eigenvalue weighted by Gasteiger charge is -2.01. The molecule has 0 saturated carbocycles. The fourth-order valence-electron chi connectivity index (χ4n) is 1.24. The predicted molar refractivity (Wildman–Crippen MR) is 63.9 cm³/mol. The summed E-state index contributed by atoms with van der Waals surface area (Å²) in [5.41, 5.74) is 0.544. The largest absolute Gasteiger partial charge is 0.504 e. The van der Waals surface area contributed by atoms with Crippen molar-refractivity contribution in [1.82, 2.24) is 9.97 Å². The number of phenolic OH excluding ortho intramolecular Hbond substituents is 2. The number of hydrogen-bond donors (Lipinski definition) is 3. The van der Waals surface area contributed by atoms with E-state index in [1.54, 1.807) is 0 Å². The molecule has 3 N–H and O–H groups in total. The molecule has 5 nitrogen and oxygen atoms in total. The third-order valence-electron chi connectivity index (χ3n) is 2.00. The molecule has 0 saturated heterocycles. The summed E-state index contributed by atoms with van der Waals surface area (Å²) in [5.74, 6) is -0.491. The molecule has 2 aromatic rings. The molecule has 1 heterocycles. The van der Waals surface area contributed by atoms with Gasteiger partial charge in [0.15, 0.2) is 11.5 Å². The Morgan fingerprint density at radius 2 is 1.94 bits per heavy atom. The van der Waals surface area contributed by atoms with Gasteiger partial charge in [-0.3, -0.25) is 4.79 Å². The van der Waals surface area contributed by atoms with Gasteiger partial charge in [-0.15, -0.1) is 17.0 Å². The second kappa shape index (κ2) is 4.80. The molecule has 0 fully saturated rings. The lowest BCUT2D eigenvalue weighted by Crippen LogP contribution is -2.08. The Morgan fingerprint density at radius 3 is 2.56 bits per heavy atom. The van der Waals surface area contributed by atoms with Gasteiger partial charge in [-0.1, -0.05) is 6.07 Å². The summed E-state index contributed by atoms with van der Waals surface area (Å²) in [5, 5.41) is 18.4. The SMILES string of the molecule is Br.O=c1[nH]cncc1-c1ccc(O)c(O)c1. The van der Waals surface area contributed by atoms with Crippen LogP contribution in [0.1, 0.15) is 0 Å². The van der Waals surface area contributed by atoms with Gasteiger partial charge < -0.3 is 15.2 Å². The maximum Gasteiger partial charge on any atom is 0.258 e. The van der Waals surface area contributed by atoms with Crippen molar-refractivity contribution in [2.45, 2.75) is 0 Å². The molecule has 0 aliphatic carbocycles. The minimum Gasteiger partial charge on any atom is -0.504 e. The zero-order valence-corrected chi connectivity index (χ0v) is 9.76. The Bertz CT molecular complexity index is 554. The van der Waals surface area contributed by atoms with Crippen molar-refractivity contribution in [3.05, 3.63) is 41.1 Å². The molecular weight excluding hydrogens is 276 g/mol. The lowest BCUT2D eigenvalue weighted by atomic mass is 10.1. The number of aromatic amines is 1. The van der Waals surface area contributed by atoms with Crippen molar-refractivity contribution in [3.8, 4) is 22.6 Å². The maximum absolute atomic E-state index is 11.4. The highest BCUT2D eigenvalue weighted by atomic mass is 79.9. The molecule has 1 aromatic heterocycles. The first kappa shape index (κ1) is 12.3. The van der Waals surface area contributed by atoms with Crippen LogP contribution in [0.3, 0.4) is 0 Å². The van der Waals surface area contributed by atoms with Gasteiger partial charge in [0, 0.05) is 6.20 Å². The highest BCUT2D eigenvalue weighted by Crippen LogP contribution is 2.28. The van der Waals surface area contributed by atoms with Crippen LogP contribution >= 0.6 is 17.0 Å². The van der Waals surface area contributed by atoms with Crippen LogP contribution in [0.25, 0.3) is 11.1 Å². The van der Waals surface area contributed by atoms with Gasteiger partial charge in [0.1, 0.15) is 0 Å². The number of nitrogens with zero attached hydrogens (tertiary/aromatic N) is 1. The van der Waals surface area contributed by atoms with Crippen LogP contribution in [-0.2, 0) is 0 Å². The Kier molecular flexibility index (Phi) is 3.68. The first-order valence-corrected chi connectivity index (χ1v) is 4.23. The number of aromatic hydroxyl groups is 2. The summed E-state index contributed by atoms with van der Waals surface area (Å²) >= 11 is 0. The van der Waals surface area contributed by atoms with Gasteiger partial charge in [0.25, 0.3) is 5.56 Å². The van der Waals surface area contributed by atoms with Crippen molar-refractivity contribution < 1.29 is 10.2 Å². The Hall–Kier alpha value is -1.82. The van der Waals surface area contributed by atoms with Crippen molar-refractivity contribution in [1.29, 1.82) is 0 Å². The van der Waals surface area contributed by atoms with E-state index in [9.17, 15) is 9.90 Å². The van der Waals surface area contributed by atoms with E-state index in [0.29, 0.717) is 11.1 Å². The summed E-state index contributed by atoms with van der Waals surface area (Å²) < 4.78 is 0. The molecule has 1 aromatic carbocycles. The van der Waals surface area contributed by atoms with Gasteiger partial charge in [0.05, 0.1) is 11.9 Å². The summed E-state index contributed by atoms with van der Waals surface area (Å²) in [7, 11) is 0. The summed E-state index contributed by atoms with van der Waals surface area (Å²) in [6.07, 6.45) is 2.68. The monoisotopic (exact) mass is 284 g/mol. The van der Waals surface area contributed by atoms with Crippen molar-refractivity contribution in [2.75, 3.05) is 0 Å². The minimum absolute atomic E-state index is 0. The number of aromatic nitrogens is 2. The third-order valence-corrected chi connectivity index (χ3v) is 2.00. The normalized spacial score (nSPS) is 9.50. The van der Waals surface area contributed by atoms with Crippen molar-refractivity contribution in [3.63, 3.8) is 0 Å². The molecule has 0 aliphatic heterocycles. The van der Waals surface area contributed by atoms with E-state index in [-0.39, 0.29) is 34.0 Å². The molecule has 0 unspecified atom stereocenters. The molecule has 0 atom stereocenters. The highest BCUT2D eigenvalue weighted by molar-refractivity contribution is 8.93. The fraction of sp³-hybridized carbons (Fsp3) is 0. The topological polar surface area (TPSA) is 86.2 Å². The van der Waals surface area contributed by atoms with Gasteiger partial charge in [-0.25, -0.2) is 4.98 Å². The molecule has 0 spiro atoms. The van der Waals surface area contributed by atoms with E-state index in [0.717, 1.165) is 0 Å². The first-order valence-electron chi connectivity index (χ1n) is 4.23. The number of phenols is 2. The molecule has 6 heteroatoms. The summed E-state index contributed by atoms with van der Waals surface area (Å²) in [6.45, 7) is 0. The number of benzene rings is 1. The van der Waals surface area contributed by atoms with Crippen LogP contribution in [0.5, 0.6) is 11.5 Å². The molecule has 0 bridgehead atoms. The summed E-state index contributed by atoms with van der Waals surface area (Å²) in [6, 6.07) is 4.15. The zero-order valence-electron chi connectivity index (χ0n) is 8.04. The zero-order chi connectivity index (χ0) is 10.8. The second-order valence-electron chi connectivity index (χ2n) is 3.00. The number of H-pyrrole nitrogens is 1. The first-order chi connectivity index (χ1) is 7.18. The number of rotatable bonds is 1. The van der Waals surface area contributed by atoms with Crippen LogP contribution in [-0.4, -0.2) is 20.2 Å². The molecular formula is C10H9BrN2O3. The van der Waals surface area contributed by atoms with E-state index in [1.165, 1.54) is 30.7 Å². The van der Waals surface area contributed by atoms with Crippen LogP contribution in [0, 0.1) is 0 Å². The minimum atomic E-state index is -0.296. The second-order valence-corrected chi connectivity index (χ2v) is 3.00. The van der Waals surface area contributed by atoms with Crippen LogP contribution < -0.4 is 5.56 Å². The van der Waals surface area contributed by atoms with Crippen LogP contribution in [0.2, 0.25) is 0 Å². The molecule has 0 aliphatic rings. The fourth-order valence-corrected chi connectivity index (χ4v) is 1.24. The lowest BCUT2D eigenvalue weighted by molar-refractivity contribution is 0.404. The average molecular weight is 285 g/mol. The molecule has 0 amide bonds. The molecule has 84 valence electrons. The van der Waals surface area contributed by atoms with Gasteiger partial charge in [-0.2, -0.15) is 0 Å². The Labute approximate surface area is 101 Å². The van der Waals surface area contributed by atoms with E-state index < -0.39 is 0 Å². The van der Waals surface area contributed by atoms with E-state index in [2.05, 4.69) is 9.97 Å². The molecule has 2 rings (SSSR count). The quantitative estimate of drug-likeness (QED) is 0.692. The average Bonchev–Trinajstić information content (AvgIpc) is 2.23. The van der Waals surface area contributed by atoms with Crippen LogP contribution in [0.4, 0.5) is 0 Å². The van der Waals surface area contributed by atoms with Crippen LogP contribution in [0.15, 0.2) is 35.5 Å². The van der Waals surface area contributed by atoms with E-state index >= 15 is 0 Å².